The van der Waals surface area contributed by atoms with E-state index in [4.69, 9.17) is 0 Å². The third-order valence-electron chi connectivity index (χ3n) is 1.92. The average Bonchev–Trinajstić information content (AvgIpc) is 2.71. The minimum absolute atomic E-state index is 0.517. The minimum Gasteiger partial charge on any atom is -0.389 e. The molecule has 5 heteroatoms. The summed E-state index contributed by atoms with van der Waals surface area (Å²) in [4.78, 5) is 11.3. The van der Waals surface area contributed by atoms with Gasteiger partial charge in [-0.05, 0) is 24.8 Å². The van der Waals surface area contributed by atoms with Gasteiger partial charge in [-0.3, -0.25) is 0 Å². The molecule has 0 spiro atoms. The second-order valence-corrected chi connectivity index (χ2v) is 4.05. The lowest BCUT2D eigenvalue weighted by atomic mass is 10.2. The molecule has 2 heterocycles. The Morgan fingerprint density at radius 3 is 2.93 bits per heavy atom. The van der Waals surface area contributed by atoms with Gasteiger partial charge in [0.05, 0.1) is 6.10 Å². The molecule has 0 saturated heterocycles. The quantitative estimate of drug-likeness (QED) is 0.832. The zero-order valence-electron chi connectivity index (χ0n) is 8.21. The highest BCUT2D eigenvalue weighted by molar-refractivity contribution is 7.99. The van der Waals surface area contributed by atoms with Crippen LogP contribution in [0.25, 0.3) is 0 Å². The van der Waals surface area contributed by atoms with E-state index in [2.05, 4.69) is 15.0 Å². The number of imidazole rings is 1. The lowest BCUT2D eigenvalue weighted by Crippen LogP contribution is -1.96. The highest BCUT2D eigenvalue weighted by Crippen LogP contribution is 2.28. The molecule has 0 aliphatic carbocycles. The number of hydrogen-bond donors (Lipinski definition) is 2. The molecule has 2 N–H and O–H groups in total. The number of aromatic nitrogens is 3. The largest absolute Gasteiger partial charge is 0.389 e. The van der Waals surface area contributed by atoms with Crippen molar-refractivity contribution in [2.45, 2.75) is 23.2 Å². The molecular formula is C10H11N3OS. The van der Waals surface area contributed by atoms with Crippen molar-refractivity contribution in [2.75, 3.05) is 0 Å². The Labute approximate surface area is 91.8 Å². The number of rotatable bonds is 3. The van der Waals surface area contributed by atoms with Crippen molar-refractivity contribution in [1.29, 1.82) is 0 Å². The molecule has 0 aromatic carbocycles. The molecule has 4 nitrogen and oxygen atoms in total. The number of aliphatic hydroxyl groups is 1. The Bertz CT molecular complexity index is 428. The maximum absolute atomic E-state index is 9.55. The van der Waals surface area contributed by atoms with Crippen LogP contribution in [0.4, 0.5) is 0 Å². The normalized spacial score (nSPS) is 12.7. The van der Waals surface area contributed by atoms with E-state index in [-0.39, 0.29) is 0 Å². The molecule has 15 heavy (non-hydrogen) atoms. The van der Waals surface area contributed by atoms with Crippen molar-refractivity contribution in [3.63, 3.8) is 0 Å². The van der Waals surface area contributed by atoms with Gasteiger partial charge in [0, 0.05) is 24.2 Å². The van der Waals surface area contributed by atoms with E-state index in [0.717, 1.165) is 15.7 Å². The number of hydrogen-bond acceptors (Lipinski definition) is 4. The standard InChI is InChI=1S/C10H11N3OS/c1-7(14)8-3-2-4-11-9(8)15-10-12-5-6-13-10/h2-7,14H,1H3,(H,12,13)/t7-/m1/s1. The van der Waals surface area contributed by atoms with E-state index < -0.39 is 6.10 Å². The summed E-state index contributed by atoms with van der Waals surface area (Å²) >= 11 is 1.41. The fourth-order valence-electron chi connectivity index (χ4n) is 1.20. The molecule has 0 aliphatic heterocycles. The molecule has 0 bridgehead atoms. The second kappa shape index (κ2) is 4.46. The number of pyridine rings is 1. The van der Waals surface area contributed by atoms with Crippen molar-refractivity contribution in [2.24, 2.45) is 0 Å². The third kappa shape index (κ3) is 2.37. The van der Waals surface area contributed by atoms with E-state index >= 15 is 0 Å². The zero-order valence-corrected chi connectivity index (χ0v) is 9.03. The summed E-state index contributed by atoms with van der Waals surface area (Å²) in [5.41, 5.74) is 0.818. The maximum Gasteiger partial charge on any atom is 0.171 e. The fourth-order valence-corrected chi connectivity index (χ4v) is 2.10. The molecule has 0 fully saturated rings. The summed E-state index contributed by atoms with van der Waals surface area (Å²) in [6, 6.07) is 3.68. The molecule has 0 radical (unpaired) electrons. The van der Waals surface area contributed by atoms with Crippen LogP contribution in [0.3, 0.4) is 0 Å². The first-order valence-corrected chi connectivity index (χ1v) is 5.39. The minimum atomic E-state index is -0.517. The molecule has 0 unspecified atom stereocenters. The van der Waals surface area contributed by atoms with E-state index in [0.29, 0.717) is 0 Å². The fraction of sp³-hybridized carbons (Fsp3) is 0.200. The molecular weight excluding hydrogens is 210 g/mol. The van der Waals surface area contributed by atoms with Crippen LogP contribution in [-0.4, -0.2) is 20.1 Å². The Balaban J connectivity index is 2.28. The van der Waals surface area contributed by atoms with Gasteiger partial charge in [0.25, 0.3) is 0 Å². The first kappa shape index (κ1) is 10.2. The first-order valence-electron chi connectivity index (χ1n) is 4.57. The van der Waals surface area contributed by atoms with Gasteiger partial charge in [-0.15, -0.1) is 0 Å². The summed E-state index contributed by atoms with van der Waals surface area (Å²) in [5.74, 6) is 0. The first-order chi connectivity index (χ1) is 7.27. The second-order valence-electron chi connectivity index (χ2n) is 3.07. The van der Waals surface area contributed by atoms with Crippen LogP contribution < -0.4 is 0 Å². The molecule has 78 valence electrons. The molecule has 0 aliphatic rings. The lowest BCUT2D eigenvalue weighted by Gasteiger charge is -2.08. The Morgan fingerprint density at radius 2 is 2.27 bits per heavy atom. The van der Waals surface area contributed by atoms with Crippen LogP contribution in [0.15, 0.2) is 40.9 Å². The van der Waals surface area contributed by atoms with Gasteiger partial charge in [0.15, 0.2) is 5.16 Å². The molecule has 1 atom stereocenters. The van der Waals surface area contributed by atoms with Crippen molar-refractivity contribution in [1.82, 2.24) is 15.0 Å². The van der Waals surface area contributed by atoms with Crippen LogP contribution >= 0.6 is 11.8 Å². The number of aromatic amines is 1. The van der Waals surface area contributed by atoms with Gasteiger partial charge in [0.1, 0.15) is 5.03 Å². The summed E-state index contributed by atoms with van der Waals surface area (Å²) in [7, 11) is 0. The van der Waals surface area contributed by atoms with Crippen LogP contribution in [0.5, 0.6) is 0 Å². The van der Waals surface area contributed by atoms with Gasteiger partial charge >= 0.3 is 0 Å². The predicted octanol–water partition coefficient (Wildman–Crippen LogP) is 2.01. The molecule has 2 rings (SSSR count). The maximum atomic E-state index is 9.55. The van der Waals surface area contributed by atoms with Crippen LogP contribution in [0.1, 0.15) is 18.6 Å². The number of nitrogens with one attached hydrogen (secondary N) is 1. The van der Waals surface area contributed by atoms with E-state index in [1.165, 1.54) is 11.8 Å². The highest BCUT2D eigenvalue weighted by Gasteiger charge is 2.10. The van der Waals surface area contributed by atoms with Gasteiger partial charge in [-0.1, -0.05) is 6.07 Å². The van der Waals surface area contributed by atoms with Crippen LogP contribution in [-0.2, 0) is 0 Å². The molecule has 0 saturated carbocycles. The number of nitrogens with zero attached hydrogens (tertiary/aromatic N) is 2. The average molecular weight is 221 g/mol. The molecule has 2 aromatic heterocycles. The Hall–Kier alpha value is -1.33. The number of aliphatic hydroxyl groups excluding tert-OH is 1. The lowest BCUT2D eigenvalue weighted by molar-refractivity contribution is 0.195. The summed E-state index contributed by atoms with van der Waals surface area (Å²) in [6.45, 7) is 1.73. The van der Waals surface area contributed by atoms with Crippen molar-refractivity contribution >= 4 is 11.8 Å². The van der Waals surface area contributed by atoms with Crippen molar-refractivity contribution in [3.05, 3.63) is 36.3 Å². The summed E-state index contributed by atoms with van der Waals surface area (Å²) in [5, 5.41) is 11.1. The Kier molecular flexibility index (Phi) is 3.03. The van der Waals surface area contributed by atoms with Gasteiger partial charge < -0.3 is 10.1 Å². The molecule has 2 aromatic rings. The highest BCUT2D eigenvalue weighted by atomic mass is 32.2. The predicted molar refractivity (Wildman–Crippen MR) is 57.6 cm³/mol. The summed E-state index contributed by atoms with van der Waals surface area (Å²) in [6.07, 6.45) is 4.63. The zero-order chi connectivity index (χ0) is 10.7. The Morgan fingerprint density at radius 1 is 1.40 bits per heavy atom. The SMILES string of the molecule is C[C@@H](O)c1cccnc1Sc1ncc[nH]1. The van der Waals surface area contributed by atoms with Crippen molar-refractivity contribution in [3.8, 4) is 0 Å². The van der Waals surface area contributed by atoms with Crippen LogP contribution in [0.2, 0.25) is 0 Å². The third-order valence-corrected chi connectivity index (χ3v) is 2.87. The van der Waals surface area contributed by atoms with E-state index in [1.54, 1.807) is 25.5 Å². The molecule has 0 amide bonds. The smallest absolute Gasteiger partial charge is 0.171 e. The van der Waals surface area contributed by atoms with E-state index in [1.807, 2.05) is 12.1 Å². The van der Waals surface area contributed by atoms with Crippen LogP contribution in [0, 0.1) is 0 Å². The van der Waals surface area contributed by atoms with E-state index in [9.17, 15) is 5.11 Å². The monoisotopic (exact) mass is 221 g/mol. The summed E-state index contributed by atoms with van der Waals surface area (Å²) < 4.78 is 0. The number of H-pyrrole nitrogens is 1. The van der Waals surface area contributed by atoms with Gasteiger partial charge in [0.2, 0.25) is 0 Å². The van der Waals surface area contributed by atoms with Crippen molar-refractivity contribution < 1.29 is 5.11 Å². The topological polar surface area (TPSA) is 61.8 Å². The van der Waals surface area contributed by atoms with Gasteiger partial charge in [-0.25, -0.2) is 9.97 Å². The van der Waals surface area contributed by atoms with Gasteiger partial charge in [-0.2, -0.15) is 0 Å².